The van der Waals surface area contributed by atoms with Gasteiger partial charge in [-0.3, -0.25) is 0 Å². The average molecular weight is 264 g/mol. The van der Waals surface area contributed by atoms with E-state index in [9.17, 15) is 0 Å². The molecule has 0 bridgehead atoms. The molecular weight excluding hydrogens is 244 g/mol. The van der Waals surface area contributed by atoms with Crippen LogP contribution >= 0.6 is 11.3 Å². The first-order valence-corrected chi connectivity index (χ1v) is 6.94. The van der Waals surface area contributed by atoms with Crippen LogP contribution in [0.5, 0.6) is 0 Å². The van der Waals surface area contributed by atoms with Crippen LogP contribution in [0.3, 0.4) is 0 Å². The molecule has 2 heterocycles. The molecule has 0 amide bonds. The van der Waals surface area contributed by atoms with Gasteiger partial charge in [0.2, 0.25) is 0 Å². The Morgan fingerprint density at radius 3 is 2.67 bits per heavy atom. The molecule has 0 fully saturated rings. The van der Waals surface area contributed by atoms with Gasteiger partial charge in [0, 0.05) is 15.8 Å². The largest absolute Gasteiger partial charge is 0.394 e. The summed E-state index contributed by atoms with van der Waals surface area (Å²) in [7, 11) is 0. The highest BCUT2D eigenvalue weighted by Gasteiger charge is 2.14. The fourth-order valence-corrected chi connectivity index (χ4v) is 2.69. The van der Waals surface area contributed by atoms with Crippen LogP contribution in [-0.4, -0.2) is 9.78 Å². The van der Waals surface area contributed by atoms with Gasteiger partial charge >= 0.3 is 0 Å². The molecule has 0 radical (unpaired) electrons. The SMILES string of the molecule is Cc1ccc(CNc2c(N)c(C)nn2C(C)C)s1. The van der Waals surface area contributed by atoms with E-state index in [1.54, 1.807) is 11.3 Å². The maximum atomic E-state index is 6.07. The second-order valence-corrected chi connectivity index (χ2v) is 6.12. The topological polar surface area (TPSA) is 55.9 Å². The maximum absolute atomic E-state index is 6.07. The number of nitrogens with two attached hydrogens (primary N) is 1. The third-order valence-electron chi connectivity index (χ3n) is 2.85. The molecule has 0 unspecified atom stereocenters. The molecule has 2 rings (SSSR count). The van der Waals surface area contributed by atoms with E-state index in [1.807, 2.05) is 11.6 Å². The van der Waals surface area contributed by atoms with Crippen molar-refractivity contribution in [3.05, 3.63) is 27.6 Å². The van der Waals surface area contributed by atoms with Crippen molar-refractivity contribution in [1.29, 1.82) is 0 Å². The minimum absolute atomic E-state index is 0.300. The summed E-state index contributed by atoms with van der Waals surface area (Å²) in [5.41, 5.74) is 7.70. The van der Waals surface area contributed by atoms with E-state index >= 15 is 0 Å². The zero-order chi connectivity index (χ0) is 13.3. The van der Waals surface area contributed by atoms with Gasteiger partial charge in [0.1, 0.15) is 5.82 Å². The second kappa shape index (κ2) is 5.02. The normalized spacial score (nSPS) is 11.2. The van der Waals surface area contributed by atoms with Crippen LogP contribution in [0.1, 0.15) is 35.3 Å². The minimum Gasteiger partial charge on any atom is -0.394 e. The standard InChI is InChI=1S/C13H20N4S/c1-8(2)17-13(12(14)10(4)16-17)15-7-11-6-5-9(3)18-11/h5-6,8,15H,7,14H2,1-4H3. The monoisotopic (exact) mass is 264 g/mol. The third-order valence-corrected chi connectivity index (χ3v) is 3.85. The molecule has 0 atom stereocenters. The van der Waals surface area contributed by atoms with Crippen molar-refractivity contribution in [2.45, 2.75) is 40.3 Å². The smallest absolute Gasteiger partial charge is 0.148 e. The van der Waals surface area contributed by atoms with Crippen molar-refractivity contribution in [2.75, 3.05) is 11.1 Å². The summed E-state index contributed by atoms with van der Waals surface area (Å²) in [5, 5.41) is 7.86. The van der Waals surface area contributed by atoms with Crippen LogP contribution in [0.25, 0.3) is 0 Å². The van der Waals surface area contributed by atoms with Crippen LogP contribution in [-0.2, 0) is 6.54 Å². The molecule has 3 N–H and O–H groups in total. The highest BCUT2D eigenvalue weighted by molar-refractivity contribution is 7.11. The second-order valence-electron chi connectivity index (χ2n) is 4.75. The Morgan fingerprint density at radius 1 is 1.39 bits per heavy atom. The number of nitrogens with one attached hydrogen (secondary N) is 1. The number of hydrogen-bond donors (Lipinski definition) is 2. The van der Waals surface area contributed by atoms with Gasteiger partial charge < -0.3 is 11.1 Å². The number of aromatic nitrogens is 2. The molecule has 5 heteroatoms. The van der Waals surface area contributed by atoms with E-state index < -0.39 is 0 Å². The molecule has 98 valence electrons. The first-order chi connectivity index (χ1) is 8.49. The molecule has 0 aliphatic carbocycles. The van der Waals surface area contributed by atoms with E-state index in [2.05, 4.69) is 43.3 Å². The lowest BCUT2D eigenvalue weighted by molar-refractivity contribution is 0.534. The summed E-state index contributed by atoms with van der Waals surface area (Å²) in [5.74, 6) is 0.925. The Labute approximate surface area is 112 Å². The van der Waals surface area contributed by atoms with Crippen molar-refractivity contribution < 1.29 is 0 Å². The summed E-state index contributed by atoms with van der Waals surface area (Å²) >= 11 is 1.80. The lowest BCUT2D eigenvalue weighted by Gasteiger charge is -2.12. The Morgan fingerprint density at radius 2 is 2.11 bits per heavy atom. The maximum Gasteiger partial charge on any atom is 0.148 e. The van der Waals surface area contributed by atoms with Crippen LogP contribution in [0.4, 0.5) is 11.5 Å². The molecule has 0 aliphatic heterocycles. The highest BCUT2D eigenvalue weighted by Crippen LogP contribution is 2.26. The number of aryl methyl sites for hydroxylation is 2. The number of anilines is 2. The molecule has 18 heavy (non-hydrogen) atoms. The number of thiophene rings is 1. The quantitative estimate of drug-likeness (QED) is 0.890. The van der Waals surface area contributed by atoms with Crippen LogP contribution in [0, 0.1) is 13.8 Å². The van der Waals surface area contributed by atoms with Crippen molar-refractivity contribution in [3.63, 3.8) is 0 Å². The lowest BCUT2D eigenvalue weighted by Crippen LogP contribution is -2.10. The average Bonchev–Trinajstić information content (AvgIpc) is 2.83. The zero-order valence-electron chi connectivity index (χ0n) is 11.3. The van der Waals surface area contributed by atoms with E-state index in [0.29, 0.717) is 6.04 Å². The predicted molar refractivity (Wildman–Crippen MR) is 78.1 cm³/mol. The summed E-state index contributed by atoms with van der Waals surface area (Å²) in [6.07, 6.45) is 0. The lowest BCUT2D eigenvalue weighted by atomic mass is 10.3. The Kier molecular flexibility index (Phi) is 3.61. The minimum atomic E-state index is 0.300. The summed E-state index contributed by atoms with van der Waals surface area (Å²) < 4.78 is 1.95. The molecule has 4 nitrogen and oxygen atoms in total. The van der Waals surface area contributed by atoms with Crippen LogP contribution in [0.2, 0.25) is 0 Å². The number of nitrogens with zero attached hydrogens (tertiary/aromatic N) is 2. The first kappa shape index (κ1) is 13.0. The van der Waals surface area contributed by atoms with E-state index in [1.165, 1.54) is 9.75 Å². The van der Waals surface area contributed by atoms with Crippen molar-refractivity contribution in [1.82, 2.24) is 9.78 Å². The van der Waals surface area contributed by atoms with Gasteiger partial charge in [-0.25, -0.2) is 4.68 Å². The van der Waals surface area contributed by atoms with E-state index in [4.69, 9.17) is 5.73 Å². The highest BCUT2D eigenvalue weighted by atomic mass is 32.1. The summed E-state index contributed by atoms with van der Waals surface area (Å²) in [4.78, 5) is 2.63. The fraction of sp³-hybridized carbons (Fsp3) is 0.462. The third kappa shape index (κ3) is 2.51. The van der Waals surface area contributed by atoms with E-state index in [0.717, 1.165) is 23.7 Å². The van der Waals surface area contributed by atoms with Crippen molar-refractivity contribution in [2.24, 2.45) is 0 Å². The van der Waals surface area contributed by atoms with Crippen LogP contribution in [0.15, 0.2) is 12.1 Å². The van der Waals surface area contributed by atoms with Crippen molar-refractivity contribution >= 4 is 22.8 Å². The molecule has 0 spiro atoms. The van der Waals surface area contributed by atoms with Gasteiger partial charge in [0.25, 0.3) is 0 Å². The molecule has 0 aromatic carbocycles. The van der Waals surface area contributed by atoms with Gasteiger partial charge in [0.15, 0.2) is 0 Å². The predicted octanol–water partition coefficient (Wildman–Crippen LogP) is 3.34. The van der Waals surface area contributed by atoms with Gasteiger partial charge in [0.05, 0.1) is 17.9 Å². The van der Waals surface area contributed by atoms with Gasteiger partial charge in [-0.1, -0.05) is 0 Å². The number of rotatable bonds is 4. The molecule has 0 saturated heterocycles. The van der Waals surface area contributed by atoms with Crippen LogP contribution < -0.4 is 11.1 Å². The fourth-order valence-electron chi connectivity index (χ4n) is 1.86. The Bertz CT molecular complexity index is 539. The number of nitrogen functional groups attached to an aromatic ring is 1. The Balaban J connectivity index is 2.18. The van der Waals surface area contributed by atoms with E-state index in [-0.39, 0.29) is 0 Å². The number of hydrogen-bond acceptors (Lipinski definition) is 4. The molecular formula is C13H20N4S. The Hall–Kier alpha value is -1.49. The van der Waals surface area contributed by atoms with Gasteiger partial charge in [-0.2, -0.15) is 5.10 Å². The summed E-state index contributed by atoms with van der Waals surface area (Å²) in [6.45, 7) is 9.05. The van der Waals surface area contributed by atoms with Crippen molar-refractivity contribution in [3.8, 4) is 0 Å². The summed E-state index contributed by atoms with van der Waals surface area (Å²) in [6, 6.07) is 4.58. The van der Waals surface area contributed by atoms with Gasteiger partial charge in [-0.15, -0.1) is 11.3 Å². The molecule has 2 aromatic heterocycles. The van der Waals surface area contributed by atoms with Gasteiger partial charge in [-0.05, 0) is 39.8 Å². The first-order valence-electron chi connectivity index (χ1n) is 6.12. The molecule has 2 aromatic rings. The molecule has 0 saturated carbocycles. The zero-order valence-corrected chi connectivity index (χ0v) is 12.1. The molecule has 0 aliphatic rings.